The average Bonchev–Trinajstić information content (AvgIpc) is 3.27. The van der Waals surface area contributed by atoms with Crippen LogP contribution in [-0.2, 0) is 4.79 Å². The average molecular weight is 281 g/mol. The van der Waals surface area contributed by atoms with Crippen molar-refractivity contribution in [2.75, 3.05) is 26.2 Å². The molecular weight excluding hydrogens is 250 g/mol. The number of piperidine rings is 1. The summed E-state index contributed by atoms with van der Waals surface area (Å²) >= 11 is 0. The molecule has 0 radical (unpaired) electrons. The van der Waals surface area contributed by atoms with Gasteiger partial charge >= 0.3 is 0 Å². The second-order valence-corrected chi connectivity index (χ2v) is 6.94. The van der Waals surface area contributed by atoms with Crippen LogP contribution < -0.4 is 10.6 Å². The fourth-order valence-corrected chi connectivity index (χ4v) is 3.00. The highest BCUT2D eigenvalue weighted by Gasteiger charge is 2.36. The van der Waals surface area contributed by atoms with E-state index in [0.717, 1.165) is 32.1 Å². The Hall–Kier alpha value is -0.610. The van der Waals surface area contributed by atoms with Crippen molar-refractivity contribution in [2.45, 2.75) is 58.5 Å². The van der Waals surface area contributed by atoms with Crippen LogP contribution in [-0.4, -0.2) is 49.1 Å². The highest BCUT2D eigenvalue weighted by Crippen LogP contribution is 2.30. The number of nitrogens with zero attached hydrogens (tertiary/aromatic N) is 1. The first kappa shape index (κ1) is 15.8. The van der Waals surface area contributed by atoms with Crippen LogP contribution in [0.15, 0.2) is 0 Å². The van der Waals surface area contributed by atoms with Gasteiger partial charge in [-0.15, -0.1) is 0 Å². The highest BCUT2D eigenvalue weighted by atomic mass is 16.2. The van der Waals surface area contributed by atoms with Gasteiger partial charge in [-0.2, -0.15) is 0 Å². The Bertz CT molecular complexity index is 309. The van der Waals surface area contributed by atoms with Crippen molar-refractivity contribution in [1.82, 2.24) is 15.5 Å². The minimum atomic E-state index is 0.0242. The third-order valence-corrected chi connectivity index (χ3v) is 4.51. The molecular formula is C16H31N3O. The Morgan fingerprint density at radius 2 is 1.85 bits per heavy atom. The van der Waals surface area contributed by atoms with Crippen LogP contribution in [0.25, 0.3) is 0 Å². The van der Waals surface area contributed by atoms with Gasteiger partial charge in [0.15, 0.2) is 0 Å². The smallest absolute Gasteiger partial charge is 0.237 e. The van der Waals surface area contributed by atoms with Crippen LogP contribution in [0.2, 0.25) is 0 Å². The second kappa shape index (κ2) is 7.41. The molecule has 0 bridgehead atoms. The third kappa shape index (κ3) is 4.74. The number of rotatable bonds is 7. The number of carbonyl (C=O) groups is 1. The summed E-state index contributed by atoms with van der Waals surface area (Å²) in [5.74, 6) is 1.49. The topological polar surface area (TPSA) is 44.4 Å². The van der Waals surface area contributed by atoms with Crippen LogP contribution >= 0.6 is 0 Å². The predicted octanol–water partition coefficient (Wildman–Crippen LogP) is 1.61. The number of carbonyl (C=O) groups excluding carboxylic acids is 1. The fourth-order valence-electron chi connectivity index (χ4n) is 3.00. The van der Waals surface area contributed by atoms with Crippen molar-refractivity contribution in [3.8, 4) is 0 Å². The molecule has 1 saturated heterocycles. The summed E-state index contributed by atoms with van der Waals surface area (Å²) in [7, 11) is 0. The Kier molecular flexibility index (Phi) is 5.85. The molecule has 1 unspecified atom stereocenters. The van der Waals surface area contributed by atoms with Gasteiger partial charge in [0.1, 0.15) is 0 Å². The summed E-state index contributed by atoms with van der Waals surface area (Å²) in [6.45, 7) is 10.5. The normalized spacial score (nSPS) is 22.2. The van der Waals surface area contributed by atoms with E-state index < -0.39 is 0 Å². The van der Waals surface area contributed by atoms with Crippen molar-refractivity contribution < 1.29 is 4.79 Å². The summed E-state index contributed by atoms with van der Waals surface area (Å²) in [6, 6.07) is 0.681. The summed E-state index contributed by atoms with van der Waals surface area (Å²) in [5, 5.41) is 6.51. The zero-order valence-corrected chi connectivity index (χ0v) is 13.3. The molecule has 20 heavy (non-hydrogen) atoms. The molecule has 1 saturated carbocycles. The number of hydrogen-bond acceptors (Lipinski definition) is 3. The Morgan fingerprint density at radius 1 is 1.20 bits per heavy atom. The third-order valence-electron chi connectivity index (χ3n) is 4.51. The first-order valence-electron chi connectivity index (χ1n) is 8.32. The van der Waals surface area contributed by atoms with E-state index in [-0.39, 0.29) is 11.9 Å². The largest absolute Gasteiger partial charge is 0.354 e. The maximum absolute atomic E-state index is 12.3. The molecule has 0 spiro atoms. The lowest BCUT2D eigenvalue weighted by Crippen LogP contribution is -2.49. The molecule has 0 aromatic rings. The van der Waals surface area contributed by atoms with Gasteiger partial charge < -0.3 is 10.6 Å². The molecule has 2 fully saturated rings. The van der Waals surface area contributed by atoms with Gasteiger partial charge in [0.2, 0.25) is 5.91 Å². The van der Waals surface area contributed by atoms with Gasteiger partial charge in [0.25, 0.3) is 0 Å². The SMILES string of the molecule is CC(C)CNC(=O)C(C)N(CC1CCNCC1)C1CC1. The standard InChI is InChI=1S/C16H31N3O/c1-12(2)10-18-16(20)13(3)19(15-4-5-15)11-14-6-8-17-9-7-14/h12-15,17H,4-11H2,1-3H3,(H,18,20). The maximum atomic E-state index is 12.3. The highest BCUT2D eigenvalue weighted by molar-refractivity contribution is 5.81. The van der Waals surface area contributed by atoms with Crippen molar-refractivity contribution in [2.24, 2.45) is 11.8 Å². The van der Waals surface area contributed by atoms with E-state index in [1.807, 2.05) is 0 Å². The lowest BCUT2D eigenvalue weighted by molar-refractivity contribution is -0.126. The van der Waals surface area contributed by atoms with Gasteiger partial charge in [0, 0.05) is 19.1 Å². The molecule has 2 aliphatic rings. The van der Waals surface area contributed by atoms with E-state index in [1.165, 1.54) is 25.7 Å². The molecule has 2 rings (SSSR count). The van der Waals surface area contributed by atoms with E-state index in [4.69, 9.17) is 0 Å². The van der Waals surface area contributed by atoms with Crippen molar-refractivity contribution in [3.63, 3.8) is 0 Å². The Morgan fingerprint density at radius 3 is 2.40 bits per heavy atom. The molecule has 0 aromatic carbocycles. The molecule has 1 aliphatic carbocycles. The number of hydrogen-bond donors (Lipinski definition) is 2. The van der Waals surface area contributed by atoms with Gasteiger partial charge in [-0.3, -0.25) is 9.69 Å². The lowest BCUT2D eigenvalue weighted by atomic mass is 9.96. The van der Waals surface area contributed by atoms with Crippen LogP contribution in [0.3, 0.4) is 0 Å². The molecule has 4 heteroatoms. The van der Waals surface area contributed by atoms with E-state index in [1.54, 1.807) is 0 Å². The summed E-state index contributed by atoms with van der Waals surface area (Å²) in [6.07, 6.45) is 5.05. The van der Waals surface area contributed by atoms with Crippen molar-refractivity contribution in [3.05, 3.63) is 0 Å². The summed E-state index contributed by atoms with van der Waals surface area (Å²) in [4.78, 5) is 14.8. The molecule has 116 valence electrons. The van der Waals surface area contributed by atoms with E-state index in [2.05, 4.69) is 36.3 Å². The zero-order chi connectivity index (χ0) is 14.5. The van der Waals surface area contributed by atoms with Gasteiger partial charge in [0.05, 0.1) is 6.04 Å². The summed E-state index contributed by atoms with van der Waals surface area (Å²) in [5.41, 5.74) is 0. The minimum Gasteiger partial charge on any atom is -0.354 e. The Balaban J connectivity index is 1.84. The van der Waals surface area contributed by atoms with Crippen LogP contribution in [0.4, 0.5) is 0 Å². The van der Waals surface area contributed by atoms with E-state index in [9.17, 15) is 4.79 Å². The molecule has 1 heterocycles. The molecule has 1 atom stereocenters. The number of nitrogens with one attached hydrogen (secondary N) is 2. The van der Waals surface area contributed by atoms with Crippen molar-refractivity contribution in [1.29, 1.82) is 0 Å². The maximum Gasteiger partial charge on any atom is 0.237 e. The van der Waals surface area contributed by atoms with Crippen molar-refractivity contribution >= 4 is 5.91 Å². The Labute approximate surface area is 123 Å². The first-order chi connectivity index (χ1) is 9.58. The minimum absolute atomic E-state index is 0.0242. The fraction of sp³-hybridized carbons (Fsp3) is 0.938. The van der Waals surface area contributed by atoms with Crippen LogP contribution in [0, 0.1) is 11.8 Å². The predicted molar refractivity (Wildman–Crippen MR) is 82.6 cm³/mol. The van der Waals surface area contributed by atoms with E-state index >= 15 is 0 Å². The molecule has 2 N–H and O–H groups in total. The molecule has 4 nitrogen and oxygen atoms in total. The van der Waals surface area contributed by atoms with Gasteiger partial charge in [-0.1, -0.05) is 13.8 Å². The molecule has 1 aliphatic heterocycles. The lowest BCUT2D eigenvalue weighted by Gasteiger charge is -2.33. The quantitative estimate of drug-likeness (QED) is 0.745. The zero-order valence-electron chi connectivity index (χ0n) is 13.3. The second-order valence-electron chi connectivity index (χ2n) is 6.94. The van der Waals surface area contributed by atoms with Crippen LogP contribution in [0.1, 0.15) is 46.5 Å². The number of amides is 1. The monoisotopic (exact) mass is 281 g/mol. The first-order valence-corrected chi connectivity index (χ1v) is 8.32. The van der Waals surface area contributed by atoms with Gasteiger partial charge in [-0.05, 0) is 57.5 Å². The summed E-state index contributed by atoms with van der Waals surface area (Å²) < 4.78 is 0. The van der Waals surface area contributed by atoms with E-state index in [0.29, 0.717) is 12.0 Å². The van der Waals surface area contributed by atoms with Gasteiger partial charge in [-0.25, -0.2) is 0 Å². The molecule has 1 amide bonds. The molecule has 0 aromatic heterocycles. The van der Waals surface area contributed by atoms with Crippen LogP contribution in [0.5, 0.6) is 0 Å².